The summed E-state index contributed by atoms with van der Waals surface area (Å²) in [5.74, 6) is 3.23. The van der Waals surface area contributed by atoms with E-state index < -0.39 is 0 Å². The smallest absolute Gasteiger partial charge is 0.256 e. The zero-order valence-electron chi connectivity index (χ0n) is 64.7. The lowest BCUT2D eigenvalue weighted by Crippen LogP contribution is -2.66. The van der Waals surface area contributed by atoms with Gasteiger partial charge in [-0.3, -0.25) is 0 Å². The maximum atomic E-state index is 8.12. The van der Waals surface area contributed by atoms with Crippen LogP contribution < -0.4 is 88.0 Å². The highest BCUT2D eigenvalue weighted by atomic mass is 16.5. The molecular formula is C108H71B3N6O2. The number of benzene rings is 18. The maximum absolute atomic E-state index is 8.12. The molecule has 0 atom stereocenters. The van der Waals surface area contributed by atoms with Gasteiger partial charge in [0.2, 0.25) is 0 Å². The second-order valence-corrected chi connectivity index (χ2v) is 31.3. The van der Waals surface area contributed by atoms with Crippen molar-refractivity contribution in [2.24, 2.45) is 0 Å². The summed E-state index contributed by atoms with van der Waals surface area (Å²) in [5.41, 5.74) is 35.4. The van der Waals surface area contributed by atoms with Crippen LogP contribution in [0.4, 0.5) is 102 Å². The maximum Gasteiger partial charge on any atom is 0.256 e. The van der Waals surface area contributed by atoms with Gasteiger partial charge in [0.05, 0.1) is 28.4 Å². The van der Waals surface area contributed by atoms with Crippen LogP contribution in [-0.4, -0.2) is 20.1 Å². The van der Waals surface area contributed by atoms with Crippen molar-refractivity contribution in [2.45, 2.75) is 0 Å². The summed E-state index contributed by atoms with van der Waals surface area (Å²) in [6.07, 6.45) is 0. The van der Waals surface area contributed by atoms with Crippen LogP contribution in [0.5, 0.6) is 23.0 Å². The van der Waals surface area contributed by atoms with Crippen LogP contribution in [0.1, 0.15) is 0 Å². The minimum absolute atomic E-state index is 0.296. The van der Waals surface area contributed by atoms with E-state index in [1.807, 2.05) is 0 Å². The third-order valence-corrected chi connectivity index (χ3v) is 24.8. The molecule has 0 radical (unpaired) electrons. The first-order chi connectivity index (χ1) is 59.1. The zero-order chi connectivity index (χ0) is 78.2. The number of rotatable bonds is 13. The van der Waals surface area contributed by atoms with Gasteiger partial charge in [-0.2, -0.15) is 0 Å². The first-order valence-corrected chi connectivity index (χ1v) is 41.0. The molecule has 6 aliphatic heterocycles. The molecule has 0 spiro atoms. The summed E-state index contributed by atoms with van der Waals surface area (Å²) in [5, 5.41) is 0. The van der Waals surface area contributed by atoms with Crippen LogP contribution >= 0.6 is 0 Å². The van der Waals surface area contributed by atoms with Gasteiger partial charge in [-0.05, 0) is 187 Å². The van der Waals surface area contributed by atoms with E-state index in [2.05, 4.69) is 460 Å². The zero-order valence-corrected chi connectivity index (χ0v) is 64.7. The topological polar surface area (TPSA) is 37.9 Å². The summed E-state index contributed by atoms with van der Waals surface area (Å²) in [6.45, 7) is -0.987. The molecule has 18 aromatic rings. The highest BCUT2D eigenvalue weighted by Gasteiger charge is 2.53. The fourth-order valence-electron chi connectivity index (χ4n) is 20.0. The number of nitrogens with zero attached hydrogens (tertiary/aromatic N) is 6. The van der Waals surface area contributed by atoms with Crippen LogP contribution in [-0.2, 0) is 0 Å². The summed E-state index contributed by atoms with van der Waals surface area (Å²) in [6, 6.07) is 158. The number of hydrogen-bond donors (Lipinski definition) is 0. The van der Waals surface area contributed by atoms with E-state index in [9.17, 15) is 0 Å². The van der Waals surface area contributed by atoms with E-state index in [1.54, 1.807) is 0 Å². The lowest BCUT2D eigenvalue weighted by molar-refractivity contribution is 0.488. The fourth-order valence-corrected chi connectivity index (χ4v) is 20.0. The van der Waals surface area contributed by atoms with Crippen molar-refractivity contribution in [3.63, 3.8) is 0 Å². The van der Waals surface area contributed by atoms with Gasteiger partial charge in [0.25, 0.3) is 20.1 Å². The van der Waals surface area contributed by atoms with Gasteiger partial charge in [-0.15, -0.1) is 0 Å². The predicted molar refractivity (Wildman–Crippen MR) is 498 cm³/mol. The third-order valence-electron chi connectivity index (χ3n) is 24.8. The van der Waals surface area contributed by atoms with Gasteiger partial charge < -0.3 is 38.9 Å². The predicted octanol–water partition coefficient (Wildman–Crippen LogP) is 22.5. The second-order valence-electron chi connectivity index (χ2n) is 31.3. The van der Waals surface area contributed by atoms with Gasteiger partial charge in [0.15, 0.2) is 0 Å². The Morgan fingerprint density at radius 3 is 1.14 bits per heavy atom. The molecule has 0 aromatic heterocycles. The molecule has 18 aromatic carbocycles. The molecule has 0 aliphatic carbocycles. The number of anilines is 18. The summed E-state index contributed by atoms with van der Waals surface area (Å²) < 4.78 is 16.2. The number of fused-ring (bicyclic) bond motifs is 13. The average molecular weight is 1520 g/mol. The summed E-state index contributed by atoms with van der Waals surface area (Å²) >= 11 is 0. The lowest BCUT2D eigenvalue weighted by Gasteiger charge is -2.48. The first-order valence-electron chi connectivity index (χ1n) is 41.0. The lowest BCUT2D eigenvalue weighted by atomic mass is 9.29. The molecule has 0 fully saturated rings. The van der Waals surface area contributed by atoms with Crippen molar-refractivity contribution < 1.29 is 9.47 Å². The molecule has 6 heterocycles. The molecule has 119 heavy (non-hydrogen) atoms. The third kappa shape index (κ3) is 10.8. The van der Waals surface area contributed by atoms with Crippen LogP contribution in [0.25, 0.3) is 33.4 Å². The van der Waals surface area contributed by atoms with E-state index in [4.69, 9.17) is 9.47 Å². The van der Waals surface area contributed by atoms with Crippen molar-refractivity contribution >= 4 is 172 Å². The Balaban J connectivity index is 0.792. The Morgan fingerprint density at radius 2 is 0.571 bits per heavy atom. The van der Waals surface area contributed by atoms with E-state index in [0.29, 0.717) is 0 Å². The highest BCUT2D eigenvalue weighted by Crippen LogP contribution is 2.55. The monoisotopic (exact) mass is 1520 g/mol. The first kappa shape index (κ1) is 68.0. The minimum atomic E-state index is -0.352. The van der Waals surface area contributed by atoms with E-state index in [-0.39, 0.29) is 20.1 Å². The van der Waals surface area contributed by atoms with Crippen molar-refractivity contribution in [1.29, 1.82) is 0 Å². The van der Waals surface area contributed by atoms with E-state index in [0.717, 1.165) is 192 Å². The van der Waals surface area contributed by atoms with Gasteiger partial charge in [-0.1, -0.05) is 297 Å². The Hall–Kier alpha value is -15.4. The van der Waals surface area contributed by atoms with Crippen molar-refractivity contribution in [3.05, 3.63) is 431 Å². The number of hydrogen-bond acceptors (Lipinski definition) is 8. The Kier molecular flexibility index (Phi) is 15.8. The molecule has 8 nitrogen and oxygen atoms in total. The molecule has 0 saturated heterocycles. The quantitative estimate of drug-likeness (QED) is 0.106. The average Bonchev–Trinajstić information content (AvgIpc) is 0.677. The molecule has 0 unspecified atom stereocenters. The van der Waals surface area contributed by atoms with E-state index in [1.165, 1.54) is 16.4 Å². The molecule has 0 amide bonds. The van der Waals surface area contributed by atoms with Crippen molar-refractivity contribution in [3.8, 4) is 56.4 Å². The molecule has 6 aliphatic rings. The Morgan fingerprint density at radius 1 is 0.193 bits per heavy atom. The Bertz CT molecular complexity index is 7010. The molecule has 554 valence electrons. The van der Waals surface area contributed by atoms with Crippen LogP contribution in [0, 0.1) is 0 Å². The number of para-hydroxylation sites is 11. The largest absolute Gasteiger partial charge is 0.459 e. The van der Waals surface area contributed by atoms with E-state index >= 15 is 0 Å². The van der Waals surface area contributed by atoms with Crippen LogP contribution in [0.15, 0.2) is 431 Å². The van der Waals surface area contributed by atoms with Crippen molar-refractivity contribution in [2.75, 3.05) is 29.4 Å². The highest BCUT2D eigenvalue weighted by molar-refractivity contribution is 7.04. The molecule has 11 heteroatoms. The van der Waals surface area contributed by atoms with Gasteiger partial charge in [-0.25, -0.2) is 0 Å². The van der Waals surface area contributed by atoms with Crippen LogP contribution in [0.2, 0.25) is 0 Å². The van der Waals surface area contributed by atoms with Crippen molar-refractivity contribution in [1.82, 2.24) is 0 Å². The summed E-state index contributed by atoms with van der Waals surface area (Å²) in [7, 11) is 0. The fraction of sp³-hybridized carbons (Fsp3) is 0. The van der Waals surface area contributed by atoms with Crippen LogP contribution in [0.3, 0.4) is 0 Å². The summed E-state index contributed by atoms with van der Waals surface area (Å²) in [4.78, 5) is 15.0. The molecule has 0 saturated carbocycles. The molecule has 0 bridgehead atoms. The standard InChI is InChI=1S/C108H71B3N6O2/c1-9-37-72(38-10-1)82-53-25-31-59-90(82)113(77-47-19-6-20-48-77)81-67-98-105-103(68-81)118-102-71-95-88(69-89(102)109(105)85-56-28-35-63-94(85)116(98)91-60-32-26-54-83(91)73-39-11-2-12-40-73)110-87-58-30-36-64-101(87)119-108-106(110)99(115(95)79-51-23-8-24-52-79)70-100-107(108)111-86-57-29-34-62-93(86)114(78-49-21-7-22-50-78)96-65-80(112(75-43-15-4-16-44-75)76-45-17-5-18-46-76)66-97(104(96)111)117(100)92-61-33-27-55-84(92)74-41-13-3-14-42-74/h1-71H. The van der Waals surface area contributed by atoms with Gasteiger partial charge in [0, 0.05) is 103 Å². The van der Waals surface area contributed by atoms with Gasteiger partial charge >= 0.3 is 0 Å². The SMILES string of the molecule is c1ccc(-c2ccccc2N(c2ccccc2)c2cc3c4c(c2)N(c2ccccc2-c2ccccc2)c2ccccc2B4c2cc4c(cc2O3)N(c2ccccc2)c2cc3c(c5c2B4c2ccccc2O5)B2c4ccccc4N(c4ccccc4)c4cc(N(c5ccccc5)c5ccccc5)cc(c42)N3c2ccccc2-c2ccccc2)cc1. The Labute approximate surface area is 693 Å². The van der Waals surface area contributed by atoms with Gasteiger partial charge in [0.1, 0.15) is 23.0 Å². The normalized spacial score (nSPS) is 13.1. The second kappa shape index (κ2) is 27.7. The number of ether oxygens (including phenoxy) is 2. The molecule has 0 N–H and O–H groups in total. The molecular weight excluding hydrogens is 1450 g/mol. The minimum Gasteiger partial charge on any atom is -0.459 e. The molecule has 24 rings (SSSR count).